The Kier molecular flexibility index (Phi) is 4.96. The number of nitrogens with one attached hydrogen (secondary N) is 2. The highest BCUT2D eigenvalue weighted by molar-refractivity contribution is 7.89. The van der Waals surface area contributed by atoms with Crippen molar-refractivity contribution in [3.63, 3.8) is 0 Å². The second-order valence-corrected chi connectivity index (χ2v) is 6.01. The van der Waals surface area contributed by atoms with Crippen molar-refractivity contribution >= 4 is 15.7 Å². The van der Waals surface area contributed by atoms with E-state index in [1.165, 1.54) is 7.05 Å². The van der Waals surface area contributed by atoms with Gasteiger partial charge in [0.05, 0.1) is 4.90 Å². The monoisotopic (exact) mass is 256 g/mol. The summed E-state index contributed by atoms with van der Waals surface area (Å²) in [4.78, 5) is 0.286. The molecule has 1 aromatic carbocycles. The Hall–Kier alpha value is -1.07. The summed E-state index contributed by atoms with van der Waals surface area (Å²) in [5.41, 5.74) is 0.945. The molecular formula is C12H20N2O2S. The van der Waals surface area contributed by atoms with E-state index in [1.807, 2.05) is 0 Å². The van der Waals surface area contributed by atoms with Gasteiger partial charge >= 0.3 is 0 Å². The molecule has 1 rings (SSSR count). The highest BCUT2D eigenvalue weighted by Crippen LogP contribution is 2.14. The van der Waals surface area contributed by atoms with E-state index in [0.717, 1.165) is 18.7 Å². The van der Waals surface area contributed by atoms with Crippen LogP contribution in [0.4, 0.5) is 5.69 Å². The fourth-order valence-electron chi connectivity index (χ4n) is 1.31. The second-order valence-electron chi connectivity index (χ2n) is 4.13. The van der Waals surface area contributed by atoms with E-state index in [9.17, 15) is 8.42 Å². The first-order valence-corrected chi connectivity index (χ1v) is 7.25. The predicted molar refractivity (Wildman–Crippen MR) is 70.6 cm³/mol. The maximum absolute atomic E-state index is 11.5. The van der Waals surface area contributed by atoms with Gasteiger partial charge in [-0.05, 0) is 37.2 Å². The normalized spacial score (nSPS) is 13.4. The molecule has 4 nitrogen and oxygen atoms in total. The molecule has 5 heteroatoms. The van der Waals surface area contributed by atoms with Gasteiger partial charge in [-0.2, -0.15) is 0 Å². The summed E-state index contributed by atoms with van der Waals surface area (Å²) in [5, 5.41) is 3.28. The van der Waals surface area contributed by atoms with Gasteiger partial charge in [0.25, 0.3) is 0 Å². The minimum Gasteiger partial charge on any atom is -0.385 e. The molecule has 17 heavy (non-hydrogen) atoms. The summed E-state index contributed by atoms with van der Waals surface area (Å²) in [5.74, 6) is 0.607. The van der Waals surface area contributed by atoms with E-state index in [1.54, 1.807) is 24.3 Å². The number of hydrogen-bond donors (Lipinski definition) is 2. The number of benzene rings is 1. The Bertz CT molecular complexity index is 440. The van der Waals surface area contributed by atoms with Crippen LogP contribution in [0.15, 0.2) is 29.2 Å². The molecule has 1 aromatic rings. The van der Waals surface area contributed by atoms with E-state index in [0.29, 0.717) is 5.92 Å². The maximum atomic E-state index is 11.5. The summed E-state index contributed by atoms with van der Waals surface area (Å²) in [6.07, 6.45) is 1.12. The average molecular weight is 256 g/mol. The lowest BCUT2D eigenvalue weighted by Crippen LogP contribution is -2.18. The highest BCUT2D eigenvalue weighted by atomic mass is 32.2. The van der Waals surface area contributed by atoms with Crippen LogP contribution in [0.1, 0.15) is 20.3 Å². The van der Waals surface area contributed by atoms with Crippen molar-refractivity contribution in [3.05, 3.63) is 24.3 Å². The van der Waals surface area contributed by atoms with Gasteiger partial charge in [-0.3, -0.25) is 0 Å². The Morgan fingerprint density at radius 3 is 2.29 bits per heavy atom. The zero-order chi connectivity index (χ0) is 12.9. The minimum absolute atomic E-state index is 0.286. The summed E-state index contributed by atoms with van der Waals surface area (Å²) in [6.45, 7) is 5.22. The van der Waals surface area contributed by atoms with E-state index < -0.39 is 10.0 Å². The topological polar surface area (TPSA) is 58.2 Å². The molecule has 0 heterocycles. The molecule has 1 unspecified atom stereocenters. The third kappa shape index (κ3) is 4.02. The lowest BCUT2D eigenvalue weighted by molar-refractivity contribution is 0.588. The van der Waals surface area contributed by atoms with Gasteiger partial charge in [0.2, 0.25) is 10.0 Å². The van der Waals surface area contributed by atoms with Crippen molar-refractivity contribution in [1.82, 2.24) is 4.72 Å². The first kappa shape index (κ1) is 14.0. The molecule has 0 aliphatic carbocycles. The quantitative estimate of drug-likeness (QED) is 0.819. The van der Waals surface area contributed by atoms with Crippen LogP contribution in [0.25, 0.3) is 0 Å². The van der Waals surface area contributed by atoms with E-state index in [-0.39, 0.29) is 4.90 Å². The molecule has 0 aromatic heterocycles. The van der Waals surface area contributed by atoms with Crippen LogP contribution in [0, 0.1) is 5.92 Å². The summed E-state index contributed by atoms with van der Waals surface area (Å²) in [7, 11) is -1.92. The Morgan fingerprint density at radius 1 is 1.24 bits per heavy atom. The molecule has 1 atom stereocenters. The van der Waals surface area contributed by atoms with Gasteiger partial charge in [-0.15, -0.1) is 0 Å². The van der Waals surface area contributed by atoms with Gasteiger partial charge < -0.3 is 5.32 Å². The molecule has 96 valence electrons. The van der Waals surface area contributed by atoms with Crippen LogP contribution in [0.5, 0.6) is 0 Å². The molecule has 2 N–H and O–H groups in total. The van der Waals surface area contributed by atoms with Crippen molar-refractivity contribution in [2.45, 2.75) is 25.2 Å². The maximum Gasteiger partial charge on any atom is 0.240 e. The second kappa shape index (κ2) is 6.02. The summed E-state index contributed by atoms with van der Waals surface area (Å²) < 4.78 is 25.3. The predicted octanol–water partition coefficient (Wildman–Crippen LogP) is 2.05. The van der Waals surface area contributed by atoms with Gasteiger partial charge in [0.1, 0.15) is 0 Å². The molecule has 0 aliphatic rings. The molecule has 0 aliphatic heterocycles. The standard InChI is InChI=1S/C12H20N2O2S/c1-4-10(2)9-14-11-5-7-12(8-6-11)17(15,16)13-3/h5-8,10,13-14H,4,9H2,1-3H3. The summed E-state index contributed by atoms with van der Waals surface area (Å²) in [6, 6.07) is 6.77. The van der Waals surface area contributed by atoms with Crippen LogP contribution < -0.4 is 10.0 Å². The minimum atomic E-state index is -3.33. The molecular weight excluding hydrogens is 236 g/mol. The van der Waals surface area contributed by atoms with Gasteiger partial charge in [0, 0.05) is 12.2 Å². The lowest BCUT2D eigenvalue weighted by Gasteiger charge is -2.11. The van der Waals surface area contributed by atoms with Crippen LogP contribution in [0.2, 0.25) is 0 Å². The third-order valence-corrected chi connectivity index (χ3v) is 4.22. The van der Waals surface area contributed by atoms with Gasteiger partial charge in [-0.25, -0.2) is 13.1 Å². The SMILES string of the molecule is CCC(C)CNc1ccc(S(=O)(=O)NC)cc1. The van der Waals surface area contributed by atoms with Crippen molar-refractivity contribution in [1.29, 1.82) is 0 Å². The fraction of sp³-hybridized carbons (Fsp3) is 0.500. The number of sulfonamides is 1. The van der Waals surface area contributed by atoms with Crippen LogP contribution in [-0.2, 0) is 10.0 Å². The first-order chi connectivity index (χ1) is 7.99. The van der Waals surface area contributed by atoms with Crippen LogP contribution in [-0.4, -0.2) is 22.0 Å². The van der Waals surface area contributed by atoms with Gasteiger partial charge in [-0.1, -0.05) is 20.3 Å². The van der Waals surface area contributed by atoms with Crippen molar-refractivity contribution in [3.8, 4) is 0 Å². The van der Waals surface area contributed by atoms with Crippen molar-refractivity contribution in [2.24, 2.45) is 5.92 Å². The van der Waals surface area contributed by atoms with E-state index >= 15 is 0 Å². The van der Waals surface area contributed by atoms with Crippen LogP contribution >= 0.6 is 0 Å². The summed E-state index contributed by atoms with van der Waals surface area (Å²) >= 11 is 0. The molecule has 0 fully saturated rings. The van der Waals surface area contributed by atoms with E-state index in [2.05, 4.69) is 23.9 Å². The number of rotatable bonds is 6. The largest absolute Gasteiger partial charge is 0.385 e. The lowest BCUT2D eigenvalue weighted by atomic mass is 10.1. The molecule has 0 saturated carbocycles. The Morgan fingerprint density at radius 2 is 1.82 bits per heavy atom. The highest BCUT2D eigenvalue weighted by Gasteiger charge is 2.10. The number of hydrogen-bond acceptors (Lipinski definition) is 3. The zero-order valence-electron chi connectivity index (χ0n) is 10.5. The van der Waals surface area contributed by atoms with E-state index in [4.69, 9.17) is 0 Å². The smallest absolute Gasteiger partial charge is 0.240 e. The van der Waals surface area contributed by atoms with Crippen molar-refractivity contribution in [2.75, 3.05) is 18.9 Å². The zero-order valence-corrected chi connectivity index (χ0v) is 11.3. The molecule has 0 saturated heterocycles. The Balaban J connectivity index is 2.69. The Labute approximate surface area is 103 Å². The number of anilines is 1. The van der Waals surface area contributed by atoms with Crippen molar-refractivity contribution < 1.29 is 8.42 Å². The third-order valence-electron chi connectivity index (χ3n) is 2.78. The molecule has 0 bridgehead atoms. The molecule has 0 amide bonds. The fourth-order valence-corrected chi connectivity index (χ4v) is 2.04. The molecule has 0 radical (unpaired) electrons. The first-order valence-electron chi connectivity index (χ1n) is 5.77. The average Bonchev–Trinajstić information content (AvgIpc) is 2.36. The molecule has 0 spiro atoms. The van der Waals surface area contributed by atoms with Gasteiger partial charge in [0.15, 0.2) is 0 Å². The van der Waals surface area contributed by atoms with Crippen LogP contribution in [0.3, 0.4) is 0 Å².